The summed E-state index contributed by atoms with van der Waals surface area (Å²) >= 11 is 7.69. The molecule has 1 aliphatic heterocycles. The third-order valence-electron chi connectivity index (χ3n) is 3.97. The number of aryl methyl sites for hydroxylation is 1. The van der Waals surface area contributed by atoms with Crippen LogP contribution in [0.3, 0.4) is 0 Å². The predicted octanol–water partition coefficient (Wildman–Crippen LogP) is 5.27. The van der Waals surface area contributed by atoms with Crippen LogP contribution in [-0.4, -0.2) is 6.61 Å². The summed E-state index contributed by atoms with van der Waals surface area (Å²) < 4.78 is 6.79. The van der Waals surface area contributed by atoms with Crippen LogP contribution in [0.25, 0.3) is 0 Å². The zero-order valence-corrected chi connectivity index (χ0v) is 13.9. The number of ether oxygens (including phenoxy) is 1. The van der Waals surface area contributed by atoms with Gasteiger partial charge in [-0.15, -0.1) is 11.3 Å². The van der Waals surface area contributed by atoms with Crippen LogP contribution in [0.2, 0.25) is 4.34 Å². The number of thiophene rings is 1. The molecule has 0 radical (unpaired) electrons. The van der Waals surface area contributed by atoms with E-state index in [9.17, 15) is 0 Å². The van der Waals surface area contributed by atoms with Crippen LogP contribution in [0.1, 0.15) is 47.9 Å². The van der Waals surface area contributed by atoms with Crippen LogP contribution in [0.5, 0.6) is 5.75 Å². The lowest BCUT2D eigenvalue weighted by molar-refractivity contribution is 0.312. The molecule has 0 aliphatic carbocycles. The molecule has 2 aromatic rings. The molecule has 2 unspecified atom stereocenters. The van der Waals surface area contributed by atoms with Gasteiger partial charge in [0.15, 0.2) is 0 Å². The zero-order chi connectivity index (χ0) is 14.8. The topological polar surface area (TPSA) is 21.3 Å². The summed E-state index contributed by atoms with van der Waals surface area (Å²) in [4.78, 5) is 1.28. The summed E-state index contributed by atoms with van der Waals surface area (Å²) in [6.45, 7) is 5.11. The van der Waals surface area contributed by atoms with Crippen LogP contribution in [0.15, 0.2) is 30.3 Å². The maximum Gasteiger partial charge on any atom is 0.126 e. The van der Waals surface area contributed by atoms with Crippen LogP contribution in [0, 0.1) is 6.92 Å². The fourth-order valence-electron chi connectivity index (χ4n) is 2.88. The summed E-state index contributed by atoms with van der Waals surface area (Å²) in [5, 5.41) is 3.74. The van der Waals surface area contributed by atoms with E-state index in [1.165, 1.54) is 16.0 Å². The number of hydrogen-bond acceptors (Lipinski definition) is 3. The Kier molecular flexibility index (Phi) is 4.53. The van der Waals surface area contributed by atoms with E-state index in [2.05, 4.69) is 43.4 Å². The number of halogens is 1. The van der Waals surface area contributed by atoms with Crippen molar-refractivity contribution in [2.45, 2.75) is 38.8 Å². The van der Waals surface area contributed by atoms with Crippen molar-refractivity contribution in [1.82, 2.24) is 5.32 Å². The van der Waals surface area contributed by atoms with Crippen LogP contribution >= 0.6 is 22.9 Å². The van der Waals surface area contributed by atoms with Gasteiger partial charge in [0.1, 0.15) is 5.75 Å². The van der Waals surface area contributed by atoms with Crippen LogP contribution in [-0.2, 0) is 0 Å². The van der Waals surface area contributed by atoms with Gasteiger partial charge in [-0.2, -0.15) is 0 Å². The molecule has 21 heavy (non-hydrogen) atoms. The Hall–Kier alpha value is -1.03. The summed E-state index contributed by atoms with van der Waals surface area (Å²) in [5.41, 5.74) is 2.50. The van der Waals surface area contributed by atoms with Gasteiger partial charge in [0.25, 0.3) is 0 Å². The van der Waals surface area contributed by atoms with E-state index in [0.29, 0.717) is 12.1 Å². The molecule has 1 N–H and O–H groups in total. The highest BCUT2D eigenvalue weighted by molar-refractivity contribution is 7.16. The molecular weight excluding hydrogens is 302 g/mol. The van der Waals surface area contributed by atoms with Crippen molar-refractivity contribution in [2.24, 2.45) is 0 Å². The van der Waals surface area contributed by atoms with E-state index < -0.39 is 0 Å². The molecule has 1 aromatic heterocycles. The molecule has 1 aromatic carbocycles. The number of nitrogens with one attached hydrogen (secondary N) is 1. The smallest absolute Gasteiger partial charge is 0.126 e. The van der Waals surface area contributed by atoms with Gasteiger partial charge in [-0.3, -0.25) is 0 Å². The van der Waals surface area contributed by atoms with Crippen molar-refractivity contribution in [3.05, 3.63) is 50.7 Å². The molecule has 0 bridgehead atoms. The number of benzene rings is 1. The van der Waals surface area contributed by atoms with Gasteiger partial charge in [-0.05, 0) is 44.4 Å². The second kappa shape index (κ2) is 6.39. The first-order valence-corrected chi connectivity index (χ1v) is 8.58. The maximum atomic E-state index is 6.05. The molecule has 2 heterocycles. The lowest BCUT2D eigenvalue weighted by Gasteiger charge is -2.23. The minimum absolute atomic E-state index is 0.291. The Morgan fingerprint density at radius 1 is 1.33 bits per heavy atom. The van der Waals surface area contributed by atoms with Crippen molar-refractivity contribution in [3.8, 4) is 5.75 Å². The first-order chi connectivity index (χ1) is 10.1. The van der Waals surface area contributed by atoms with Gasteiger partial charge < -0.3 is 10.1 Å². The average molecular weight is 322 g/mol. The molecule has 112 valence electrons. The van der Waals surface area contributed by atoms with E-state index in [0.717, 1.165) is 29.5 Å². The quantitative estimate of drug-likeness (QED) is 0.831. The summed E-state index contributed by atoms with van der Waals surface area (Å²) in [6.07, 6.45) is 2.17. The SMILES string of the molecule is Cc1cccc2c1OCCCC2NC(C)c1ccc(Cl)s1. The Bertz CT molecular complexity index is 625. The average Bonchev–Trinajstić information content (AvgIpc) is 2.79. The third kappa shape index (κ3) is 3.25. The van der Waals surface area contributed by atoms with Gasteiger partial charge in [-0.1, -0.05) is 29.8 Å². The van der Waals surface area contributed by atoms with Gasteiger partial charge in [0.2, 0.25) is 0 Å². The maximum absolute atomic E-state index is 6.05. The van der Waals surface area contributed by atoms with Crippen LogP contribution in [0.4, 0.5) is 0 Å². The molecule has 4 heteroatoms. The zero-order valence-electron chi connectivity index (χ0n) is 12.4. The standard InChI is InChI=1S/C17H20ClNOS/c1-11-5-3-6-13-14(7-4-10-20-17(11)13)19-12(2)15-8-9-16(18)21-15/h3,5-6,8-9,12,14,19H,4,7,10H2,1-2H3. The van der Waals surface area contributed by atoms with E-state index in [1.807, 2.05) is 6.07 Å². The molecule has 0 saturated heterocycles. The van der Waals surface area contributed by atoms with Gasteiger partial charge in [-0.25, -0.2) is 0 Å². The molecule has 0 saturated carbocycles. The second-order valence-corrected chi connectivity index (χ2v) is 7.31. The minimum atomic E-state index is 0.291. The Morgan fingerprint density at radius 2 is 2.19 bits per heavy atom. The molecule has 2 nitrogen and oxygen atoms in total. The van der Waals surface area contributed by atoms with Gasteiger partial charge >= 0.3 is 0 Å². The number of fused-ring (bicyclic) bond motifs is 1. The summed E-state index contributed by atoms with van der Waals surface area (Å²) in [5.74, 6) is 1.06. The van der Waals surface area contributed by atoms with Crippen LogP contribution < -0.4 is 10.1 Å². The van der Waals surface area contributed by atoms with E-state index in [4.69, 9.17) is 16.3 Å². The summed E-state index contributed by atoms with van der Waals surface area (Å²) in [6, 6.07) is 11.1. The van der Waals surface area contributed by atoms with Crippen molar-refractivity contribution in [2.75, 3.05) is 6.61 Å². The van der Waals surface area contributed by atoms with Crippen molar-refractivity contribution >= 4 is 22.9 Å². The number of hydrogen-bond donors (Lipinski definition) is 1. The number of para-hydroxylation sites is 1. The Morgan fingerprint density at radius 3 is 2.95 bits per heavy atom. The minimum Gasteiger partial charge on any atom is -0.493 e. The molecular formula is C17H20ClNOS. The monoisotopic (exact) mass is 321 g/mol. The van der Waals surface area contributed by atoms with Gasteiger partial charge in [0.05, 0.1) is 10.9 Å². The fourth-order valence-corrected chi connectivity index (χ4v) is 3.95. The lowest BCUT2D eigenvalue weighted by Crippen LogP contribution is -2.24. The Balaban J connectivity index is 1.84. The predicted molar refractivity (Wildman–Crippen MR) is 89.5 cm³/mol. The molecule has 1 aliphatic rings. The first kappa shape index (κ1) is 14.9. The fraction of sp³-hybridized carbons (Fsp3) is 0.412. The third-order valence-corrected chi connectivity index (χ3v) is 5.39. The molecule has 2 atom stereocenters. The highest BCUT2D eigenvalue weighted by atomic mass is 35.5. The molecule has 0 amide bonds. The summed E-state index contributed by atoms with van der Waals surface area (Å²) in [7, 11) is 0. The lowest BCUT2D eigenvalue weighted by atomic mass is 9.99. The van der Waals surface area contributed by atoms with E-state index in [1.54, 1.807) is 11.3 Å². The number of rotatable bonds is 3. The van der Waals surface area contributed by atoms with Crippen molar-refractivity contribution in [1.29, 1.82) is 0 Å². The molecule has 3 rings (SSSR count). The molecule has 0 spiro atoms. The molecule has 0 fully saturated rings. The highest BCUT2D eigenvalue weighted by Gasteiger charge is 2.23. The van der Waals surface area contributed by atoms with Crippen molar-refractivity contribution in [3.63, 3.8) is 0 Å². The Labute approximate surface area is 135 Å². The largest absolute Gasteiger partial charge is 0.493 e. The van der Waals surface area contributed by atoms with E-state index >= 15 is 0 Å². The second-order valence-electron chi connectivity index (χ2n) is 5.57. The van der Waals surface area contributed by atoms with E-state index in [-0.39, 0.29) is 0 Å². The first-order valence-electron chi connectivity index (χ1n) is 7.39. The van der Waals surface area contributed by atoms with Gasteiger partial charge in [0, 0.05) is 22.5 Å². The normalized spacial score (nSPS) is 19.5. The van der Waals surface area contributed by atoms with Crippen molar-refractivity contribution < 1.29 is 4.74 Å². The highest BCUT2D eigenvalue weighted by Crippen LogP contribution is 2.36.